The molecule has 0 radical (unpaired) electrons. The van der Waals surface area contributed by atoms with Crippen molar-refractivity contribution in [2.45, 2.75) is 194 Å². The van der Waals surface area contributed by atoms with Crippen LogP contribution < -0.4 is 4.74 Å². The number of aromatic hydroxyl groups is 1. The molecule has 22 heteroatoms. The van der Waals surface area contributed by atoms with E-state index < -0.39 is 151 Å². The summed E-state index contributed by atoms with van der Waals surface area (Å²) < 4.78 is 58.1. The average Bonchev–Trinajstić information content (AvgIpc) is 3.37. The number of cyclic esters (lactones) is 1. The van der Waals surface area contributed by atoms with Crippen LogP contribution in [0.25, 0.3) is 0 Å². The summed E-state index contributed by atoms with van der Waals surface area (Å²) in [5.41, 5.74) is 0.285. The molecule has 2 saturated heterocycles. The molecule has 0 saturated carbocycles. The number of phenols is 1. The number of aliphatic hydroxyl groups is 5. The van der Waals surface area contributed by atoms with Crippen LogP contribution in [0.5, 0.6) is 11.5 Å². The second kappa shape index (κ2) is 29.9. The highest BCUT2D eigenvalue weighted by Crippen LogP contribution is 2.46. The molecule has 0 aliphatic carbocycles. The smallest absolute Gasteiger partial charge is 0.344 e. The van der Waals surface area contributed by atoms with Crippen LogP contribution in [-0.2, 0) is 63.4 Å². The van der Waals surface area contributed by atoms with Crippen molar-refractivity contribution in [2.24, 2.45) is 11.8 Å². The Balaban J connectivity index is 1.59. The maximum atomic E-state index is 14.0. The van der Waals surface area contributed by atoms with Crippen LogP contribution in [0.15, 0.2) is 58.7 Å². The quantitative estimate of drug-likeness (QED) is 0.0554. The summed E-state index contributed by atoms with van der Waals surface area (Å²) in [5, 5.41) is 67.1. The molecule has 0 bridgehead atoms. The number of allylic oxidation sites excluding steroid dienone is 4. The molecule has 4 rings (SSSR count). The first-order chi connectivity index (χ1) is 36.6. The molecule has 3 heterocycles. The van der Waals surface area contributed by atoms with Crippen LogP contribution in [-0.4, -0.2) is 167 Å². The van der Waals surface area contributed by atoms with Gasteiger partial charge in [-0.2, -0.15) is 0 Å². The molecule has 0 spiro atoms. The lowest BCUT2D eigenvalue weighted by Gasteiger charge is -2.47. The van der Waals surface area contributed by atoms with Crippen LogP contribution >= 0.6 is 23.2 Å². The highest BCUT2D eigenvalue weighted by molar-refractivity contribution is 6.39. The molecule has 1 aromatic carbocycles. The first-order valence-corrected chi connectivity index (χ1v) is 27.0. The first-order valence-electron chi connectivity index (χ1n) is 26.2. The molecule has 78 heavy (non-hydrogen) atoms. The summed E-state index contributed by atoms with van der Waals surface area (Å²) in [7, 11) is 1.26. The van der Waals surface area contributed by atoms with Gasteiger partial charge in [0.1, 0.15) is 46.7 Å². The van der Waals surface area contributed by atoms with E-state index in [1.807, 2.05) is 26.0 Å². The van der Waals surface area contributed by atoms with Gasteiger partial charge in [0.2, 0.25) is 0 Å². The van der Waals surface area contributed by atoms with Gasteiger partial charge in [0.15, 0.2) is 42.9 Å². The second-order valence-corrected chi connectivity index (χ2v) is 21.2. The molecule has 3 aliphatic rings. The molecule has 14 atom stereocenters. The minimum absolute atomic E-state index is 0.0489. The average molecular weight is 1140 g/mol. The number of methoxy groups -OCH3 is 1. The number of hydrogen-bond donors (Lipinski definition) is 6. The van der Waals surface area contributed by atoms with Crippen LogP contribution in [0, 0.1) is 11.8 Å². The maximum Gasteiger partial charge on any atom is 0.344 e. The first kappa shape index (κ1) is 66.1. The molecule has 9 unspecified atom stereocenters. The Hall–Kier alpha value is -4.42. The zero-order valence-corrected chi connectivity index (χ0v) is 48.2. The van der Waals surface area contributed by atoms with E-state index in [0.29, 0.717) is 23.1 Å². The zero-order chi connectivity index (χ0) is 58.5. The van der Waals surface area contributed by atoms with E-state index >= 15 is 0 Å². The normalized spacial score (nSPS) is 32.9. The number of hydrogen-bond acceptors (Lipinski definition) is 20. The predicted octanol–water partition coefficient (Wildman–Crippen LogP) is 6.47. The fourth-order valence-electron chi connectivity index (χ4n) is 9.05. The SMILES string of the molecule is CCOC(=O)COc1c(Cl)c(O)c(C(=O)OC2C(C)OC(OC/C3=C\C=C\C[C@H](O)/C(C)=C/[C@H](CC)[C@H](OC4OC(C)(C)C(OC(=O)C(C)C)C(O)C4O)/C(C)=C/C(C)=C/C[C@@H]([C@@H](C)O)OC3=O)C(OC)C2O)c(CC)c1Cl. The summed E-state index contributed by atoms with van der Waals surface area (Å²) in [5.74, 6) is -5.18. The Morgan fingerprint density at radius 3 is 2.19 bits per heavy atom. The molecule has 1 aromatic rings. The fraction of sp³-hybridized carbons (Fsp3) is 0.643. The van der Waals surface area contributed by atoms with E-state index in [1.54, 1.807) is 67.5 Å². The van der Waals surface area contributed by atoms with E-state index in [0.717, 1.165) is 0 Å². The van der Waals surface area contributed by atoms with Crippen LogP contribution in [0.4, 0.5) is 0 Å². The van der Waals surface area contributed by atoms with Crippen molar-refractivity contribution in [3.63, 3.8) is 0 Å². The number of carbonyl (C=O) groups is 4. The van der Waals surface area contributed by atoms with Gasteiger partial charge in [-0.25, -0.2) is 14.4 Å². The van der Waals surface area contributed by atoms with Gasteiger partial charge in [-0.3, -0.25) is 4.79 Å². The molecule has 438 valence electrons. The zero-order valence-electron chi connectivity index (χ0n) is 46.7. The third-order valence-electron chi connectivity index (χ3n) is 13.6. The van der Waals surface area contributed by atoms with Crippen molar-refractivity contribution in [3.8, 4) is 11.5 Å². The van der Waals surface area contributed by atoms with Gasteiger partial charge >= 0.3 is 23.9 Å². The van der Waals surface area contributed by atoms with Gasteiger partial charge in [0.05, 0.1) is 54.1 Å². The molecular formula is C56H80Cl2O20. The summed E-state index contributed by atoms with van der Waals surface area (Å²) >= 11 is 13.0. The standard InChI is InChI=1S/C56H80Cl2O20/c1-14-33-24-29(7)36(60)20-18-17-19-34(52(67)74-37(31(9)59)22-21-28(6)23-30(8)46(33)76-54-44(64)43(63)50(56(11,12)78-54)77-51(66)27(4)5)25-72-55-49(69-13)45(65)47(32(10)73-55)75-53(68)39-35(15-2)40(57)48(41(58)42(39)62)71-26-38(61)70-16-3/h17-19,21,23-24,27,31-33,36-37,43-47,49-50,54-55,59-60,62-65H,14-16,20,22,25-26H2,1-13H3/b18-17+,28-21+,29-24+,30-23+,34-19+/t31-,32?,33+,36+,37+,43?,44?,45?,46-,47?,49?,50?,54?,55?/m1/s1. The third-order valence-corrected chi connectivity index (χ3v) is 14.4. The van der Waals surface area contributed by atoms with Gasteiger partial charge in [-0.1, -0.05) is 86.9 Å². The van der Waals surface area contributed by atoms with E-state index in [9.17, 15) is 49.8 Å². The van der Waals surface area contributed by atoms with Gasteiger partial charge in [0.25, 0.3) is 0 Å². The predicted molar refractivity (Wildman–Crippen MR) is 286 cm³/mol. The summed E-state index contributed by atoms with van der Waals surface area (Å²) in [6, 6.07) is 0. The Morgan fingerprint density at radius 1 is 0.910 bits per heavy atom. The minimum atomic E-state index is -1.61. The number of halogens is 2. The van der Waals surface area contributed by atoms with Gasteiger partial charge in [0, 0.05) is 19.4 Å². The van der Waals surface area contributed by atoms with E-state index in [1.165, 1.54) is 33.1 Å². The Labute approximate surface area is 466 Å². The molecule has 6 N–H and O–H groups in total. The van der Waals surface area contributed by atoms with Crippen molar-refractivity contribution >= 4 is 47.1 Å². The maximum absolute atomic E-state index is 14.0. The number of phenolic OH excluding ortho intramolecular Hbond substituents is 1. The Morgan fingerprint density at radius 2 is 1.59 bits per heavy atom. The molecule has 0 amide bonds. The number of carbonyl (C=O) groups excluding carboxylic acids is 4. The van der Waals surface area contributed by atoms with Crippen molar-refractivity contribution < 1.29 is 97.2 Å². The van der Waals surface area contributed by atoms with Gasteiger partial charge in [-0.05, 0) is 97.4 Å². The lowest BCUT2D eigenvalue weighted by atomic mass is 9.88. The van der Waals surface area contributed by atoms with Crippen molar-refractivity contribution in [3.05, 3.63) is 79.9 Å². The Bertz CT molecular complexity index is 2390. The van der Waals surface area contributed by atoms with Crippen LogP contribution in [0.2, 0.25) is 10.0 Å². The van der Waals surface area contributed by atoms with Crippen molar-refractivity contribution in [1.82, 2.24) is 0 Å². The van der Waals surface area contributed by atoms with Crippen molar-refractivity contribution in [1.29, 1.82) is 0 Å². The fourth-order valence-corrected chi connectivity index (χ4v) is 9.72. The number of esters is 4. The monoisotopic (exact) mass is 1140 g/mol. The van der Waals surface area contributed by atoms with Crippen molar-refractivity contribution in [2.75, 3.05) is 26.9 Å². The number of ether oxygens (including phenoxy) is 10. The lowest BCUT2D eigenvalue weighted by Crippen LogP contribution is -2.64. The van der Waals surface area contributed by atoms with Crippen LogP contribution in [0.1, 0.15) is 118 Å². The highest BCUT2D eigenvalue weighted by Gasteiger charge is 2.53. The third kappa shape index (κ3) is 16.8. The van der Waals surface area contributed by atoms with Gasteiger partial charge in [-0.15, -0.1) is 0 Å². The lowest BCUT2D eigenvalue weighted by molar-refractivity contribution is -0.333. The summed E-state index contributed by atoms with van der Waals surface area (Å²) in [6.45, 7) is 19.1. The molecule has 3 aliphatic heterocycles. The topological polar surface area (TPSA) is 282 Å². The minimum Gasteiger partial charge on any atom is -0.505 e. The summed E-state index contributed by atoms with van der Waals surface area (Å²) in [6.07, 6.45) is -5.76. The number of aliphatic hydroxyl groups excluding tert-OH is 5. The molecule has 20 nitrogen and oxygen atoms in total. The van der Waals surface area contributed by atoms with Gasteiger partial charge < -0.3 is 78.0 Å². The number of rotatable bonds is 17. The Kier molecular flexibility index (Phi) is 25.3. The molecule has 2 fully saturated rings. The van der Waals surface area contributed by atoms with E-state index in [-0.39, 0.29) is 47.8 Å². The van der Waals surface area contributed by atoms with E-state index in [4.69, 9.17) is 70.6 Å². The number of benzene rings is 1. The summed E-state index contributed by atoms with van der Waals surface area (Å²) in [4.78, 5) is 52.4. The van der Waals surface area contributed by atoms with Crippen LogP contribution in [0.3, 0.4) is 0 Å². The van der Waals surface area contributed by atoms with E-state index in [2.05, 4.69) is 0 Å². The largest absolute Gasteiger partial charge is 0.505 e. The molecule has 0 aromatic heterocycles. The highest BCUT2D eigenvalue weighted by atomic mass is 35.5. The second-order valence-electron chi connectivity index (χ2n) is 20.4. The molecular weight excluding hydrogens is 1060 g/mol.